The summed E-state index contributed by atoms with van der Waals surface area (Å²) in [5.74, 6) is -3.75. The first kappa shape index (κ1) is 23.4. The highest BCUT2D eigenvalue weighted by Crippen LogP contribution is 2.26. The van der Waals surface area contributed by atoms with Crippen molar-refractivity contribution in [3.05, 3.63) is 41.0 Å². The van der Waals surface area contributed by atoms with E-state index in [0.29, 0.717) is 11.6 Å². The fourth-order valence-electron chi connectivity index (χ4n) is 3.19. The zero-order chi connectivity index (χ0) is 22.1. The Kier molecular flexibility index (Phi) is 8.82. The predicted molar refractivity (Wildman–Crippen MR) is 109 cm³/mol. The van der Waals surface area contributed by atoms with Crippen molar-refractivity contribution in [1.82, 2.24) is 15.1 Å². The Bertz CT molecular complexity index is 856. The fourth-order valence-corrected chi connectivity index (χ4v) is 3.32. The van der Waals surface area contributed by atoms with Crippen LogP contribution in [0.4, 0.5) is 0 Å². The molecule has 1 aromatic heterocycles. The first-order valence-corrected chi connectivity index (χ1v) is 9.83. The van der Waals surface area contributed by atoms with Gasteiger partial charge in [-0.25, -0.2) is 9.59 Å². The summed E-state index contributed by atoms with van der Waals surface area (Å²) in [6.45, 7) is 4.79. The molecule has 1 unspecified atom stereocenters. The zero-order valence-corrected chi connectivity index (χ0v) is 17.3. The van der Waals surface area contributed by atoms with E-state index in [9.17, 15) is 4.79 Å². The first-order chi connectivity index (χ1) is 14.3. The average Bonchev–Trinajstić information content (AvgIpc) is 3.17. The number of aromatic nitrogens is 2. The Hall–Kier alpha value is -2.91. The molecule has 3 N–H and O–H groups in total. The second kappa shape index (κ2) is 11.3. The molecule has 0 radical (unpaired) electrons. The molecule has 1 atom stereocenters. The van der Waals surface area contributed by atoms with Crippen LogP contribution in [0.15, 0.2) is 30.5 Å². The molecule has 1 aliphatic heterocycles. The summed E-state index contributed by atoms with van der Waals surface area (Å²) in [5.41, 5.74) is 3.19. The number of nitrogens with one attached hydrogen (secondary N) is 1. The van der Waals surface area contributed by atoms with Gasteiger partial charge in [-0.05, 0) is 44.0 Å². The van der Waals surface area contributed by atoms with Crippen molar-refractivity contribution < 1.29 is 29.3 Å². The van der Waals surface area contributed by atoms with E-state index in [1.165, 1.54) is 0 Å². The van der Waals surface area contributed by atoms with Gasteiger partial charge in [-0.15, -0.1) is 0 Å². The van der Waals surface area contributed by atoms with E-state index < -0.39 is 11.9 Å². The quantitative estimate of drug-likeness (QED) is 0.480. The molecule has 0 saturated carbocycles. The average molecular weight is 438 g/mol. The second-order valence-corrected chi connectivity index (χ2v) is 7.15. The lowest BCUT2D eigenvalue weighted by Gasteiger charge is -2.31. The van der Waals surface area contributed by atoms with Crippen molar-refractivity contribution in [3.63, 3.8) is 0 Å². The van der Waals surface area contributed by atoms with Gasteiger partial charge < -0.3 is 14.9 Å². The van der Waals surface area contributed by atoms with Crippen molar-refractivity contribution in [2.45, 2.75) is 26.3 Å². The third-order valence-electron chi connectivity index (χ3n) is 4.55. The molecule has 162 valence electrons. The lowest BCUT2D eigenvalue weighted by atomic mass is 9.97. The molecule has 2 heterocycles. The molecule has 0 amide bonds. The summed E-state index contributed by atoms with van der Waals surface area (Å²) in [6.07, 6.45) is 3.78. The molecule has 3 rings (SSSR count). The topological polar surface area (TPSA) is 133 Å². The van der Waals surface area contributed by atoms with Gasteiger partial charge >= 0.3 is 17.9 Å². The highest BCUT2D eigenvalue weighted by molar-refractivity contribution is 6.30. The first-order valence-electron chi connectivity index (χ1n) is 9.45. The molecule has 30 heavy (non-hydrogen) atoms. The maximum Gasteiger partial charge on any atom is 0.414 e. The maximum atomic E-state index is 12.0. The Morgan fingerprint density at radius 2 is 1.90 bits per heavy atom. The van der Waals surface area contributed by atoms with E-state index in [0.717, 1.165) is 49.3 Å². The smallest absolute Gasteiger partial charge is 0.414 e. The molecule has 1 fully saturated rings. The van der Waals surface area contributed by atoms with Crippen LogP contribution in [0.3, 0.4) is 0 Å². The van der Waals surface area contributed by atoms with Crippen molar-refractivity contribution >= 4 is 29.5 Å². The molecule has 9 nitrogen and oxygen atoms in total. The number of hydrogen-bond acceptors (Lipinski definition) is 6. The second-order valence-electron chi connectivity index (χ2n) is 6.71. The number of esters is 1. The number of ether oxygens (including phenoxy) is 1. The number of rotatable bonds is 5. The molecule has 1 aromatic carbocycles. The third-order valence-corrected chi connectivity index (χ3v) is 4.81. The molecule has 0 bridgehead atoms. The van der Waals surface area contributed by atoms with E-state index in [1.54, 1.807) is 0 Å². The van der Waals surface area contributed by atoms with Crippen molar-refractivity contribution in [2.75, 3.05) is 19.7 Å². The monoisotopic (exact) mass is 437 g/mol. The molecule has 1 aliphatic rings. The molecule has 1 saturated heterocycles. The van der Waals surface area contributed by atoms with Crippen molar-refractivity contribution in [1.29, 1.82) is 0 Å². The minimum Gasteiger partial charge on any atom is -0.473 e. The summed E-state index contributed by atoms with van der Waals surface area (Å²) in [6, 6.07) is 7.71. The van der Waals surface area contributed by atoms with Gasteiger partial charge in [0, 0.05) is 23.7 Å². The highest BCUT2D eigenvalue weighted by Gasteiger charge is 2.27. The van der Waals surface area contributed by atoms with Crippen LogP contribution >= 0.6 is 11.6 Å². The van der Waals surface area contributed by atoms with Gasteiger partial charge in [-0.1, -0.05) is 23.7 Å². The van der Waals surface area contributed by atoms with Crippen LogP contribution in [0.2, 0.25) is 5.02 Å². The van der Waals surface area contributed by atoms with E-state index in [4.69, 9.17) is 36.1 Å². The van der Waals surface area contributed by atoms with Gasteiger partial charge in [0.15, 0.2) is 0 Å². The van der Waals surface area contributed by atoms with Gasteiger partial charge in [-0.3, -0.25) is 14.8 Å². The Morgan fingerprint density at radius 1 is 1.23 bits per heavy atom. The minimum absolute atomic E-state index is 0.0235. The van der Waals surface area contributed by atoms with Crippen molar-refractivity contribution in [3.8, 4) is 11.3 Å². The van der Waals surface area contributed by atoms with E-state index in [1.807, 2.05) is 37.4 Å². The number of aromatic amines is 1. The summed E-state index contributed by atoms with van der Waals surface area (Å²) in [4.78, 5) is 32.5. The van der Waals surface area contributed by atoms with Crippen LogP contribution < -0.4 is 0 Å². The summed E-state index contributed by atoms with van der Waals surface area (Å²) >= 11 is 5.96. The van der Waals surface area contributed by atoms with Gasteiger partial charge in [0.1, 0.15) is 0 Å². The number of H-pyrrole nitrogens is 1. The van der Waals surface area contributed by atoms with Crippen LogP contribution in [0.5, 0.6) is 0 Å². The molecule has 0 aliphatic carbocycles. The number of likely N-dealkylation sites (tertiary alicyclic amines) is 1. The lowest BCUT2D eigenvalue weighted by Crippen LogP contribution is -2.38. The fraction of sp³-hybridized carbons (Fsp3) is 0.400. The van der Waals surface area contributed by atoms with Crippen LogP contribution in [0.1, 0.15) is 25.3 Å². The summed E-state index contributed by atoms with van der Waals surface area (Å²) in [5, 5.41) is 22.8. The zero-order valence-electron chi connectivity index (χ0n) is 16.5. The van der Waals surface area contributed by atoms with Gasteiger partial charge in [0.2, 0.25) is 0 Å². The van der Waals surface area contributed by atoms with Crippen LogP contribution in [0, 0.1) is 5.92 Å². The number of piperidine rings is 1. The summed E-state index contributed by atoms with van der Waals surface area (Å²) < 4.78 is 5.17. The highest BCUT2D eigenvalue weighted by atomic mass is 35.5. The minimum atomic E-state index is -1.82. The molecule has 0 spiro atoms. The van der Waals surface area contributed by atoms with Crippen LogP contribution in [0.25, 0.3) is 11.3 Å². The largest absolute Gasteiger partial charge is 0.473 e. The van der Waals surface area contributed by atoms with E-state index in [-0.39, 0.29) is 11.9 Å². The normalized spacial score (nSPS) is 16.3. The maximum absolute atomic E-state index is 12.0. The number of nitrogens with zero attached hydrogens (tertiary/aromatic N) is 2. The number of carbonyl (C=O) groups excluding carboxylic acids is 1. The predicted octanol–water partition coefficient (Wildman–Crippen LogP) is 2.66. The Balaban J connectivity index is 0.000000469. The summed E-state index contributed by atoms with van der Waals surface area (Å²) in [7, 11) is 0. The Morgan fingerprint density at radius 3 is 2.50 bits per heavy atom. The number of carbonyl (C=O) groups is 3. The molecular weight excluding hydrogens is 414 g/mol. The van der Waals surface area contributed by atoms with E-state index >= 15 is 0 Å². The van der Waals surface area contributed by atoms with Gasteiger partial charge in [0.05, 0.1) is 24.4 Å². The molecule has 10 heteroatoms. The standard InChI is InChI=1S/C18H22ClN3O2.C2H2O4/c1-2-24-18(23)14-4-3-9-22(11-14)12-15-10-20-21-17(15)13-5-7-16(19)8-6-13;3-1(4)2(5)6/h5-8,10,14H,2-4,9,11-12H2,1H3,(H,20,21);(H,3,4)(H,5,6). The Labute approximate surface area is 178 Å². The van der Waals surface area contributed by atoms with Crippen LogP contribution in [-0.2, 0) is 25.7 Å². The van der Waals surface area contributed by atoms with Crippen molar-refractivity contribution in [2.24, 2.45) is 5.92 Å². The number of halogens is 1. The number of hydrogen-bond donors (Lipinski definition) is 3. The molecule has 2 aromatic rings. The molecular formula is C20H24ClN3O6. The van der Waals surface area contributed by atoms with Gasteiger partial charge in [0.25, 0.3) is 0 Å². The third kappa shape index (κ3) is 6.85. The lowest BCUT2D eigenvalue weighted by molar-refractivity contribution is -0.159. The SMILES string of the molecule is CCOC(=O)C1CCCN(Cc2cn[nH]c2-c2ccc(Cl)cc2)C1.O=C(O)C(=O)O. The van der Waals surface area contributed by atoms with Crippen LogP contribution in [-0.4, -0.2) is 62.9 Å². The number of carboxylic acid groups (broad SMARTS) is 2. The number of aliphatic carboxylic acids is 2. The van der Waals surface area contributed by atoms with Gasteiger partial charge in [-0.2, -0.15) is 5.10 Å². The number of benzene rings is 1. The number of carboxylic acids is 2. The van der Waals surface area contributed by atoms with E-state index in [2.05, 4.69) is 15.1 Å².